The lowest BCUT2D eigenvalue weighted by atomic mass is 10.1. The Morgan fingerprint density at radius 3 is 2.50 bits per heavy atom. The van der Waals surface area contributed by atoms with Crippen molar-refractivity contribution >= 4 is 0 Å². The van der Waals surface area contributed by atoms with Gasteiger partial charge in [0.05, 0.1) is 0 Å². The van der Waals surface area contributed by atoms with Crippen molar-refractivity contribution in [3.8, 4) is 0 Å². The Morgan fingerprint density at radius 2 is 2.00 bits per heavy atom. The van der Waals surface area contributed by atoms with Gasteiger partial charge in [0, 0.05) is 7.47 Å². The van der Waals surface area contributed by atoms with E-state index in [-0.39, 0.29) is 7.24 Å². The van der Waals surface area contributed by atoms with E-state index in [1.807, 2.05) is 12.1 Å². The molecule has 1 N–H and O–H groups in total. The van der Waals surface area contributed by atoms with Crippen LogP contribution in [0.3, 0.4) is 0 Å². The molecule has 0 bridgehead atoms. The zero-order valence-corrected chi connectivity index (χ0v) is 7.47. The van der Waals surface area contributed by atoms with Crippen LogP contribution in [0.1, 0.15) is 26.9 Å². The molecule has 1 atom stereocenters. The summed E-state index contributed by atoms with van der Waals surface area (Å²) in [4.78, 5) is 0. The third kappa shape index (κ3) is 2.31. The second-order valence-corrected chi connectivity index (χ2v) is 2.83. The minimum atomic E-state index is -0.178. The molecule has 0 heterocycles. The molecular weight excluding hydrogens is 153 g/mol. The van der Waals surface area contributed by atoms with Gasteiger partial charge in [-0.1, -0.05) is 19.1 Å². The molecule has 0 unspecified atom stereocenters. The summed E-state index contributed by atoms with van der Waals surface area (Å²) in [6, 6.07) is 6.90. The SMILES string of the molecule is CCN[C@H](C)c1ccc(F)cc1.[HH]. The topological polar surface area (TPSA) is 12.0 Å². The van der Waals surface area contributed by atoms with Crippen LogP contribution in [0.4, 0.5) is 4.39 Å². The van der Waals surface area contributed by atoms with Gasteiger partial charge in [-0.2, -0.15) is 0 Å². The molecule has 0 fully saturated rings. The van der Waals surface area contributed by atoms with Crippen molar-refractivity contribution in [1.29, 1.82) is 0 Å². The number of rotatable bonds is 3. The van der Waals surface area contributed by atoms with E-state index in [1.165, 1.54) is 12.1 Å². The first-order valence-electron chi connectivity index (χ1n) is 4.23. The molecule has 0 spiro atoms. The van der Waals surface area contributed by atoms with Gasteiger partial charge in [0.25, 0.3) is 0 Å². The highest BCUT2D eigenvalue weighted by Gasteiger charge is 2.01. The molecule has 0 aliphatic heterocycles. The fourth-order valence-electron chi connectivity index (χ4n) is 1.18. The van der Waals surface area contributed by atoms with Gasteiger partial charge < -0.3 is 5.32 Å². The van der Waals surface area contributed by atoms with Gasteiger partial charge in [0.2, 0.25) is 0 Å². The third-order valence-corrected chi connectivity index (χ3v) is 1.88. The number of benzene rings is 1. The van der Waals surface area contributed by atoms with E-state index in [4.69, 9.17) is 0 Å². The number of hydrogen-bond acceptors (Lipinski definition) is 1. The number of halogens is 1. The lowest BCUT2D eigenvalue weighted by molar-refractivity contribution is 0.592. The molecule has 0 aromatic heterocycles. The lowest BCUT2D eigenvalue weighted by Crippen LogP contribution is -2.17. The largest absolute Gasteiger partial charge is 0.310 e. The molecule has 0 aliphatic rings. The van der Waals surface area contributed by atoms with Crippen LogP contribution in [0.25, 0.3) is 0 Å². The molecule has 0 saturated carbocycles. The summed E-state index contributed by atoms with van der Waals surface area (Å²) in [6.45, 7) is 5.05. The van der Waals surface area contributed by atoms with Crippen molar-refractivity contribution in [2.24, 2.45) is 0 Å². The molecule has 68 valence electrons. The summed E-state index contributed by atoms with van der Waals surface area (Å²) in [5.41, 5.74) is 1.12. The van der Waals surface area contributed by atoms with E-state index < -0.39 is 0 Å². The molecule has 0 saturated heterocycles. The number of nitrogens with one attached hydrogen (secondary N) is 1. The fourth-order valence-corrected chi connectivity index (χ4v) is 1.18. The molecule has 0 amide bonds. The molecule has 0 radical (unpaired) electrons. The van der Waals surface area contributed by atoms with Gasteiger partial charge in [0.15, 0.2) is 0 Å². The van der Waals surface area contributed by atoms with E-state index in [0.29, 0.717) is 6.04 Å². The van der Waals surface area contributed by atoms with Crippen LogP contribution < -0.4 is 5.32 Å². The first kappa shape index (κ1) is 9.20. The maximum absolute atomic E-state index is 12.5. The van der Waals surface area contributed by atoms with Crippen LogP contribution in [-0.4, -0.2) is 6.54 Å². The summed E-state index contributed by atoms with van der Waals surface area (Å²) < 4.78 is 12.5. The van der Waals surface area contributed by atoms with E-state index >= 15 is 0 Å². The third-order valence-electron chi connectivity index (χ3n) is 1.88. The minimum Gasteiger partial charge on any atom is -0.310 e. The second-order valence-electron chi connectivity index (χ2n) is 2.83. The minimum absolute atomic E-state index is 0. The van der Waals surface area contributed by atoms with Crippen LogP contribution in [0.5, 0.6) is 0 Å². The van der Waals surface area contributed by atoms with Crippen LogP contribution in [0.15, 0.2) is 24.3 Å². The van der Waals surface area contributed by atoms with Crippen LogP contribution in [0.2, 0.25) is 0 Å². The van der Waals surface area contributed by atoms with Crippen molar-refractivity contribution in [2.75, 3.05) is 6.54 Å². The maximum atomic E-state index is 12.5. The Hall–Kier alpha value is -0.890. The molecule has 12 heavy (non-hydrogen) atoms. The van der Waals surface area contributed by atoms with E-state index in [1.54, 1.807) is 0 Å². The summed E-state index contributed by atoms with van der Waals surface area (Å²) in [5, 5.41) is 3.26. The highest BCUT2D eigenvalue weighted by atomic mass is 19.1. The molecule has 1 nitrogen and oxygen atoms in total. The highest BCUT2D eigenvalue weighted by Crippen LogP contribution is 2.11. The van der Waals surface area contributed by atoms with Gasteiger partial charge in [0.1, 0.15) is 5.82 Å². The second kappa shape index (κ2) is 4.21. The van der Waals surface area contributed by atoms with Crippen LogP contribution in [0, 0.1) is 5.82 Å². The zero-order valence-electron chi connectivity index (χ0n) is 7.47. The standard InChI is InChI=1S/C10H14FN.H2/c1-3-12-8(2)9-4-6-10(11)7-5-9;/h4-8,12H,3H2,1-2H3;1H/t8-;/m1./s1. The van der Waals surface area contributed by atoms with E-state index in [2.05, 4.69) is 19.2 Å². The van der Waals surface area contributed by atoms with Crippen molar-refractivity contribution in [3.05, 3.63) is 35.6 Å². The van der Waals surface area contributed by atoms with E-state index in [9.17, 15) is 4.39 Å². The highest BCUT2D eigenvalue weighted by molar-refractivity contribution is 5.19. The normalized spacial score (nSPS) is 12.9. The Balaban J connectivity index is 0.00000144. The average molecular weight is 169 g/mol. The summed E-state index contributed by atoms with van der Waals surface area (Å²) in [6.07, 6.45) is 0. The van der Waals surface area contributed by atoms with Crippen molar-refractivity contribution in [2.45, 2.75) is 19.9 Å². The van der Waals surface area contributed by atoms with Crippen molar-refractivity contribution < 1.29 is 5.82 Å². The van der Waals surface area contributed by atoms with Crippen molar-refractivity contribution in [3.63, 3.8) is 0 Å². The summed E-state index contributed by atoms with van der Waals surface area (Å²) in [5.74, 6) is -0.178. The Bertz CT molecular complexity index is 235. The molecule has 2 heteroatoms. The molecule has 1 aromatic carbocycles. The van der Waals surface area contributed by atoms with Gasteiger partial charge in [-0.25, -0.2) is 4.39 Å². The van der Waals surface area contributed by atoms with Crippen LogP contribution >= 0.6 is 0 Å². The Labute approximate surface area is 74.1 Å². The lowest BCUT2D eigenvalue weighted by Gasteiger charge is -2.11. The quantitative estimate of drug-likeness (QED) is 0.733. The molecular formula is C10H16FN. The van der Waals surface area contributed by atoms with Crippen molar-refractivity contribution in [1.82, 2.24) is 5.32 Å². The molecule has 1 rings (SSSR count). The maximum Gasteiger partial charge on any atom is 0.123 e. The predicted molar refractivity (Wildman–Crippen MR) is 50.6 cm³/mol. The van der Waals surface area contributed by atoms with Gasteiger partial charge in [-0.05, 0) is 31.2 Å². The molecule has 0 aliphatic carbocycles. The van der Waals surface area contributed by atoms with Gasteiger partial charge in [-0.15, -0.1) is 0 Å². The summed E-state index contributed by atoms with van der Waals surface area (Å²) >= 11 is 0. The summed E-state index contributed by atoms with van der Waals surface area (Å²) in [7, 11) is 0. The van der Waals surface area contributed by atoms with Gasteiger partial charge in [-0.3, -0.25) is 0 Å². The molecule has 1 aromatic rings. The first-order chi connectivity index (χ1) is 5.74. The Kier molecular flexibility index (Phi) is 3.23. The average Bonchev–Trinajstić information content (AvgIpc) is 2.06. The smallest absolute Gasteiger partial charge is 0.123 e. The first-order valence-corrected chi connectivity index (χ1v) is 4.23. The predicted octanol–water partition coefficient (Wildman–Crippen LogP) is 2.74. The van der Waals surface area contributed by atoms with E-state index in [0.717, 1.165) is 12.1 Å². The monoisotopic (exact) mass is 169 g/mol. The van der Waals surface area contributed by atoms with Crippen LogP contribution in [-0.2, 0) is 0 Å². The van der Waals surface area contributed by atoms with Gasteiger partial charge >= 0.3 is 0 Å². The Morgan fingerprint density at radius 1 is 1.42 bits per heavy atom. The number of hydrogen-bond donors (Lipinski definition) is 1. The fraction of sp³-hybridized carbons (Fsp3) is 0.400. The zero-order chi connectivity index (χ0) is 8.97.